The normalized spacial score (nSPS) is 15.3. The van der Waals surface area contributed by atoms with Crippen LogP contribution in [0.1, 0.15) is 47.3 Å². The SMILES string of the molecule is CC(Sc1nnc(C2CC2)n1Cc1ccccc1)c1nc2ccccc2s1. The summed E-state index contributed by atoms with van der Waals surface area (Å²) in [6.45, 7) is 3.04. The van der Waals surface area contributed by atoms with Crippen molar-refractivity contribution in [3.8, 4) is 0 Å². The van der Waals surface area contributed by atoms with Crippen molar-refractivity contribution in [3.05, 3.63) is 71.0 Å². The van der Waals surface area contributed by atoms with Crippen molar-refractivity contribution in [2.75, 3.05) is 0 Å². The van der Waals surface area contributed by atoms with E-state index in [1.165, 1.54) is 23.1 Å². The fourth-order valence-electron chi connectivity index (χ4n) is 3.22. The number of rotatable bonds is 6. The number of fused-ring (bicyclic) bond motifs is 1. The molecule has 1 saturated carbocycles. The van der Waals surface area contributed by atoms with Crippen molar-refractivity contribution in [1.29, 1.82) is 0 Å². The highest BCUT2D eigenvalue weighted by Crippen LogP contribution is 2.42. The van der Waals surface area contributed by atoms with Gasteiger partial charge in [0.1, 0.15) is 10.8 Å². The Bertz CT molecular complexity index is 1030. The molecule has 0 aliphatic heterocycles. The third-order valence-electron chi connectivity index (χ3n) is 4.81. The van der Waals surface area contributed by atoms with Gasteiger partial charge in [-0.1, -0.05) is 54.2 Å². The number of hydrogen-bond acceptors (Lipinski definition) is 5. The van der Waals surface area contributed by atoms with E-state index >= 15 is 0 Å². The number of thioether (sulfide) groups is 1. The Kier molecular flexibility index (Phi) is 4.45. The largest absolute Gasteiger partial charge is 0.301 e. The van der Waals surface area contributed by atoms with Crippen molar-refractivity contribution < 1.29 is 0 Å². The summed E-state index contributed by atoms with van der Waals surface area (Å²) < 4.78 is 3.55. The lowest BCUT2D eigenvalue weighted by molar-refractivity contribution is 0.666. The predicted octanol–water partition coefficient (Wildman–Crippen LogP) is 5.67. The van der Waals surface area contributed by atoms with Gasteiger partial charge in [-0.2, -0.15) is 0 Å². The van der Waals surface area contributed by atoms with Crippen LogP contribution in [-0.2, 0) is 6.54 Å². The lowest BCUT2D eigenvalue weighted by atomic mass is 10.2. The molecular formula is C21H20N4S2. The van der Waals surface area contributed by atoms with Crippen LogP contribution in [0.2, 0.25) is 0 Å². The molecule has 0 radical (unpaired) electrons. The van der Waals surface area contributed by atoms with Crippen LogP contribution in [0.15, 0.2) is 59.8 Å². The predicted molar refractivity (Wildman–Crippen MR) is 111 cm³/mol. The van der Waals surface area contributed by atoms with E-state index in [9.17, 15) is 0 Å². The molecule has 1 fully saturated rings. The topological polar surface area (TPSA) is 43.6 Å². The van der Waals surface area contributed by atoms with E-state index in [4.69, 9.17) is 4.98 Å². The van der Waals surface area contributed by atoms with Crippen LogP contribution in [0, 0.1) is 0 Å². The van der Waals surface area contributed by atoms with Gasteiger partial charge in [-0.25, -0.2) is 4.98 Å². The standard InChI is InChI=1S/C21H20N4S2/c1-14(20-22-17-9-5-6-10-18(17)27-20)26-21-24-23-19(16-11-12-16)25(21)13-15-7-3-2-4-8-15/h2-10,14,16H,11-13H2,1H3. The van der Waals surface area contributed by atoms with Crippen LogP contribution >= 0.6 is 23.1 Å². The number of benzene rings is 2. The summed E-state index contributed by atoms with van der Waals surface area (Å²) in [6.07, 6.45) is 2.45. The molecule has 4 aromatic rings. The summed E-state index contributed by atoms with van der Waals surface area (Å²) in [6, 6.07) is 18.9. The monoisotopic (exact) mass is 392 g/mol. The smallest absolute Gasteiger partial charge is 0.192 e. The second kappa shape index (κ2) is 7.09. The van der Waals surface area contributed by atoms with Crippen molar-refractivity contribution >= 4 is 33.3 Å². The molecule has 1 atom stereocenters. The van der Waals surface area contributed by atoms with Gasteiger partial charge in [0.05, 0.1) is 22.0 Å². The Morgan fingerprint density at radius 3 is 2.63 bits per heavy atom. The quantitative estimate of drug-likeness (QED) is 0.397. The average Bonchev–Trinajstić information content (AvgIpc) is 3.32. The van der Waals surface area contributed by atoms with Crippen LogP contribution in [0.5, 0.6) is 0 Å². The molecule has 2 heterocycles. The third-order valence-corrected chi connectivity index (χ3v) is 7.27. The Morgan fingerprint density at radius 2 is 1.85 bits per heavy atom. The molecule has 0 saturated heterocycles. The molecule has 1 unspecified atom stereocenters. The fraction of sp³-hybridized carbons (Fsp3) is 0.286. The minimum absolute atomic E-state index is 0.244. The van der Waals surface area contributed by atoms with Gasteiger partial charge in [-0.3, -0.25) is 0 Å². The Labute approximate surface area is 166 Å². The molecule has 5 rings (SSSR count). The zero-order valence-electron chi connectivity index (χ0n) is 15.1. The fourth-order valence-corrected chi connectivity index (χ4v) is 5.25. The van der Waals surface area contributed by atoms with Crippen LogP contribution in [0.4, 0.5) is 0 Å². The number of para-hydroxylation sites is 1. The molecule has 6 heteroatoms. The lowest BCUT2D eigenvalue weighted by Gasteiger charge is -2.12. The molecule has 27 heavy (non-hydrogen) atoms. The van der Waals surface area contributed by atoms with Crippen LogP contribution < -0.4 is 0 Å². The molecule has 0 spiro atoms. The van der Waals surface area contributed by atoms with Gasteiger partial charge in [0, 0.05) is 5.92 Å². The molecule has 4 nitrogen and oxygen atoms in total. The highest BCUT2D eigenvalue weighted by Gasteiger charge is 2.31. The summed E-state index contributed by atoms with van der Waals surface area (Å²) >= 11 is 3.53. The molecule has 2 aromatic carbocycles. The highest BCUT2D eigenvalue weighted by atomic mass is 32.2. The zero-order valence-corrected chi connectivity index (χ0v) is 16.7. The first-order valence-corrected chi connectivity index (χ1v) is 11.0. The van der Waals surface area contributed by atoms with E-state index in [1.807, 2.05) is 6.07 Å². The van der Waals surface area contributed by atoms with E-state index in [-0.39, 0.29) is 5.25 Å². The van der Waals surface area contributed by atoms with Crippen molar-refractivity contribution in [2.24, 2.45) is 0 Å². The van der Waals surface area contributed by atoms with Crippen LogP contribution in [-0.4, -0.2) is 19.7 Å². The van der Waals surface area contributed by atoms with Crippen LogP contribution in [0.3, 0.4) is 0 Å². The first kappa shape index (κ1) is 17.0. The summed E-state index contributed by atoms with van der Waals surface area (Å²) in [7, 11) is 0. The van der Waals surface area contributed by atoms with Crippen molar-refractivity contribution in [1.82, 2.24) is 19.7 Å². The lowest BCUT2D eigenvalue weighted by Crippen LogP contribution is -2.06. The van der Waals surface area contributed by atoms with Crippen LogP contribution in [0.25, 0.3) is 10.2 Å². The molecule has 0 amide bonds. The van der Waals surface area contributed by atoms with Gasteiger partial charge >= 0.3 is 0 Å². The van der Waals surface area contributed by atoms with Gasteiger partial charge in [0.25, 0.3) is 0 Å². The third kappa shape index (κ3) is 3.51. The van der Waals surface area contributed by atoms with E-state index in [2.05, 4.69) is 70.2 Å². The number of thiazole rings is 1. The average molecular weight is 393 g/mol. The van der Waals surface area contributed by atoms with Gasteiger partial charge in [-0.15, -0.1) is 21.5 Å². The maximum absolute atomic E-state index is 4.82. The zero-order chi connectivity index (χ0) is 18.2. The second-order valence-electron chi connectivity index (χ2n) is 6.97. The Morgan fingerprint density at radius 1 is 1.07 bits per heavy atom. The summed E-state index contributed by atoms with van der Waals surface area (Å²) in [4.78, 5) is 4.82. The molecule has 1 aliphatic rings. The number of hydrogen-bond donors (Lipinski definition) is 0. The van der Waals surface area contributed by atoms with Gasteiger partial charge < -0.3 is 4.57 Å². The summed E-state index contributed by atoms with van der Waals surface area (Å²) in [5.41, 5.74) is 2.36. The van der Waals surface area contributed by atoms with Crippen molar-refractivity contribution in [3.63, 3.8) is 0 Å². The van der Waals surface area contributed by atoms with E-state index in [0.717, 1.165) is 28.0 Å². The first-order chi connectivity index (χ1) is 13.3. The van der Waals surface area contributed by atoms with E-state index in [1.54, 1.807) is 23.1 Å². The molecule has 1 aliphatic carbocycles. The molecular weight excluding hydrogens is 372 g/mol. The van der Waals surface area contributed by atoms with E-state index < -0.39 is 0 Å². The summed E-state index contributed by atoms with van der Waals surface area (Å²) in [5, 5.41) is 11.5. The molecule has 2 aromatic heterocycles. The molecule has 136 valence electrons. The molecule has 0 N–H and O–H groups in total. The van der Waals surface area contributed by atoms with Gasteiger partial charge in [0.2, 0.25) is 0 Å². The van der Waals surface area contributed by atoms with E-state index in [0.29, 0.717) is 5.92 Å². The Hall–Kier alpha value is -2.18. The minimum atomic E-state index is 0.244. The van der Waals surface area contributed by atoms with Gasteiger partial charge in [0.15, 0.2) is 5.16 Å². The molecule has 0 bridgehead atoms. The minimum Gasteiger partial charge on any atom is -0.301 e. The van der Waals surface area contributed by atoms with Gasteiger partial charge in [-0.05, 0) is 37.5 Å². The first-order valence-electron chi connectivity index (χ1n) is 9.27. The van der Waals surface area contributed by atoms with Crippen molar-refractivity contribution in [2.45, 2.75) is 42.6 Å². The second-order valence-corrected chi connectivity index (χ2v) is 9.34. The Balaban J connectivity index is 1.44. The maximum atomic E-state index is 4.82. The maximum Gasteiger partial charge on any atom is 0.192 e. The number of aromatic nitrogens is 4. The number of nitrogens with zero attached hydrogens (tertiary/aromatic N) is 4. The summed E-state index contributed by atoms with van der Waals surface area (Å²) in [5.74, 6) is 1.71. The highest BCUT2D eigenvalue weighted by molar-refractivity contribution is 7.99.